The minimum atomic E-state index is -0.158. The highest BCUT2D eigenvalue weighted by Crippen LogP contribution is 2.32. The highest BCUT2D eigenvalue weighted by atomic mass is 35.5. The van der Waals surface area contributed by atoms with Gasteiger partial charge in [0.15, 0.2) is 0 Å². The Kier molecular flexibility index (Phi) is 8.61. The third-order valence-electron chi connectivity index (χ3n) is 6.59. The van der Waals surface area contributed by atoms with Crippen molar-refractivity contribution in [2.24, 2.45) is 17.8 Å². The Labute approximate surface area is 185 Å². The van der Waals surface area contributed by atoms with Gasteiger partial charge < -0.3 is 20.9 Å². The number of carbonyl (C=O) groups is 1. The van der Waals surface area contributed by atoms with Crippen molar-refractivity contribution in [3.8, 4) is 0 Å². The molecule has 1 heterocycles. The summed E-state index contributed by atoms with van der Waals surface area (Å²) in [6.07, 6.45) is 16.1. The zero-order valence-corrected chi connectivity index (χ0v) is 19.0. The van der Waals surface area contributed by atoms with Gasteiger partial charge in [0.1, 0.15) is 0 Å². The van der Waals surface area contributed by atoms with Crippen molar-refractivity contribution < 1.29 is 4.79 Å². The maximum atomic E-state index is 13.2. The summed E-state index contributed by atoms with van der Waals surface area (Å²) in [6, 6.07) is -0.158. The number of carbonyl (C=O) groups excluding carboxylic acids is 1. The molecule has 3 rings (SSSR count). The second-order valence-electron chi connectivity index (χ2n) is 9.04. The number of halogens is 1. The second kappa shape index (κ2) is 11.2. The summed E-state index contributed by atoms with van der Waals surface area (Å²) in [6.45, 7) is 6.64. The maximum absolute atomic E-state index is 13.2. The van der Waals surface area contributed by atoms with Gasteiger partial charge in [-0.2, -0.15) is 0 Å². The molecule has 0 spiro atoms. The number of hydrogen-bond donors (Lipinski definition) is 2. The predicted octanol–water partition coefficient (Wildman–Crippen LogP) is 4.62. The molecule has 2 aliphatic carbocycles. The van der Waals surface area contributed by atoms with Gasteiger partial charge in [0.05, 0.1) is 6.04 Å². The molecule has 6 heteroatoms. The van der Waals surface area contributed by atoms with E-state index in [1.165, 1.54) is 5.57 Å². The summed E-state index contributed by atoms with van der Waals surface area (Å²) in [4.78, 5) is 15.2. The number of piperidine rings is 1. The number of hydrogen-bond acceptors (Lipinski definition) is 4. The van der Waals surface area contributed by atoms with Crippen molar-refractivity contribution in [2.75, 3.05) is 19.6 Å². The fourth-order valence-electron chi connectivity index (χ4n) is 4.73. The van der Waals surface area contributed by atoms with Gasteiger partial charge in [-0.3, -0.25) is 4.79 Å². The monoisotopic (exact) mass is 432 g/mol. The van der Waals surface area contributed by atoms with Crippen LogP contribution in [-0.4, -0.2) is 36.5 Å². The van der Waals surface area contributed by atoms with Gasteiger partial charge in [-0.05, 0) is 75.0 Å². The number of likely N-dealkylation sites (tertiary alicyclic amines) is 1. The van der Waals surface area contributed by atoms with Crippen LogP contribution in [0.4, 0.5) is 0 Å². The molecule has 30 heavy (non-hydrogen) atoms. The second-order valence-corrected chi connectivity index (χ2v) is 9.48. The number of nitrogens with zero attached hydrogens (tertiary/aromatic N) is 1. The van der Waals surface area contributed by atoms with Crippen LogP contribution in [-0.2, 0) is 4.79 Å². The lowest BCUT2D eigenvalue weighted by Gasteiger charge is -2.38. The molecule has 1 aliphatic heterocycles. The minimum absolute atomic E-state index is 0.158. The highest BCUT2D eigenvalue weighted by molar-refractivity contribution is 6.31. The standard InChI is InChI=1S/C24H35ClN3O2/c1-17(2)23(26-13-10-18-4-3-5-22(16-18)27-30)24(29)28-14-11-20(12-15-28)19-6-8-21(25)9-7-19/h5-6,8-9,16-17,19-20,23,26-27H,3-4,7,10-15H2,1-2H3/q-1/t19?,23-/m1/s1. The number of allylic oxidation sites excluding steroid dienone is 6. The van der Waals surface area contributed by atoms with E-state index in [9.17, 15) is 10.0 Å². The van der Waals surface area contributed by atoms with Crippen molar-refractivity contribution in [1.29, 1.82) is 0 Å². The molecule has 0 radical (unpaired) electrons. The first-order valence-electron chi connectivity index (χ1n) is 11.3. The summed E-state index contributed by atoms with van der Waals surface area (Å²) >= 11 is 6.05. The summed E-state index contributed by atoms with van der Waals surface area (Å²) in [5.74, 6) is 1.65. The van der Waals surface area contributed by atoms with Crippen LogP contribution in [0.2, 0.25) is 0 Å². The fourth-order valence-corrected chi connectivity index (χ4v) is 4.90. The molecule has 0 aromatic carbocycles. The van der Waals surface area contributed by atoms with Gasteiger partial charge in [0.2, 0.25) is 5.91 Å². The Bertz CT molecular complexity index is 718. The molecule has 0 aromatic rings. The minimum Gasteiger partial charge on any atom is -0.761 e. The molecule has 3 aliphatic rings. The summed E-state index contributed by atoms with van der Waals surface area (Å²) < 4.78 is 0. The predicted molar refractivity (Wildman–Crippen MR) is 124 cm³/mol. The summed E-state index contributed by atoms with van der Waals surface area (Å²) in [5.41, 5.74) is 3.89. The first-order valence-corrected chi connectivity index (χ1v) is 11.7. The van der Waals surface area contributed by atoms with E-state index in [2.05, 4.69) is 31.3 Å². The Morgan fingerprint density at radius 2 is 2.07 bits per heavy atom. The fraction of sp³-hybridized carbons (Fsp3) is 0.625. The average Bonchev–Trinajstić information content (AvgIpc) is 2.77. The molecule has 0 bridgehead atoms. The highest BCUT2D eigenvalue weighted by Gasteiger charge is 2.31. The van der Waals surface area contributed by atoms with Crippen LogP contribution >= 0.6 is 11.6 Å². The first kappa shape index (κ1) is 23.1. The van der Waals surface area contributed by atoms with Crippen molar-refractivity contribution in [3.63, 3.8) is 0 Å². The van der Waals surface area contributed by atoms with Crippen LogP contribution in [0.15, 0.2) is 46.7 Å². The Morgan fingerprint density at radius 1 is 1.30 bits per heavy atom. The van der Waals surface area contributed by atoms with E-state index in [0.29, 0.717) is 17.5 Å². The largest absolute Gasteiger partial charge is 0.761 e. The van der Waals surface area contributed by atoms with E-state index in [1.54, 1.807) is 0 Å². The number of hydroxylamine groups is 1. The normalized spacial score (nSPS) is 23.7. The molecular formula is C24H35ClN3O2-. The Morgan fingerprint density at radius 3 is 2.70 bits per heavy atom. The lowest BCUT2D eigenvalue weighted by atomic mass is 9.80. The smallest absolute Gasteiger partial charge is 0.239 e. The SMILES string of the molecule is CC(C)[C@@H](NCCC1=CC(N[O-])=CCC1)C(=O)N1CCC(C2C=CC(Cl)=CC2)CC1. The molecular weight excluding hydrogens is 398 g/mol. The molecule has 1 saturated heterocycles. The van der Waals surface area contributed by atoms with Crippen molar-refractivity contribution in [2.45, 2.75) is 58.4 Å². The molecule has 0 saturated carbocycles. The van der Waals surface area contributed by atoms with Gasteiger partial charge in [-0.25, -0.2) is 0 Å². The van der Waals surface area contributed by atoms with Gasteiger partial charge >= 0.3 is 0 Å². The Balaban J connectivity index is 1.47. The van der Waals surface area contributed by atoms with Crippen LogP contribution in [0.3, 0.4) is 0 Å². The van der Waals surface area contributed by atoms with Crippen LogP contribution in [0.5, 0.6) is 0 Å². The Hall–Kier alpha value is -1.56. The van der Waals surface area contributed by atoms with E-state index in [1.807, 2.05) is 28.6 Å². The van der Waals surface area contributed by atoms with Crippen LogP contribution < -0.4 is 10.8 Å². The van der Waals surface area contributed by atoms with Gasteiger partial charge in [-0.1, -0.05) is 49.2 Å². The van der Waals surface area contributed by atoms with Crippen LogP contribution in [0.25, 0.3) is 0 Å². The van der Waals surface area contributed by atoms with E-state index < -0.39 is 0 Å². The lowest BCUT2D eigenvalue weighted by molar-refractivity contribution is -0.136. The lowest BCUT2D eigenvalue weighted by Crippen LogP contribution is -2.52. The van der Waals surface area contributed by atoms with E-state index >= 15 is 0 Å². The average molecular weight is 433 g/mol. The zero-order valence-electron chi connectivity index (χ0n) is 18.2. The molecule has 2 atom stereocenters. The zero-order chi connectivity index (χ0) is 21.5. The van der Waals surface area contributed by atoms with Crippen molar-refractivity contribution in [1.82, 2.24) is 15.7 Å². The van der Waals surface area contributed by atoms with Gasteiger partial charge in [0.25, 0.3) is 0 Å². The van der Waals surface area contributed by atoms with Crippen molar-refractivity contribution in [3.05, 3.63) is 51.9 Å². The summed E-state index contributed by atoms with van der Waals surface area (Å²) in [5, 5.41) is 15.2. The third-order valence-corrected chi connectivity index (χ3v) is 6.88. The number of amides is 1. The third kappa shape index (κ3) is 6.22. The number of rotatable bonds is 8. The first-order chi connectivity index (χ1) is 14.5. The quantitative estimate of drug-likeness (QED) is 0.549. The van der Waals surface area contributed by atoms with E-state index in [4.69, 9.17) is 11.6 Å². The molecule has 0 aromatic heterocycles. The van der Waals surface area contributed by atoms with Gasteiger partial charge in [0, 0.05) is 23.8 Å². The molecule has 5 nitrogen and oxygen atoms in total. The number of nitrogens with one attached hydrogen (secondary N) is 2. The summed E-state index contributed by atoms with van der Waals surface area (Å²) in [7, 11) is 0. The molecule has 1 fully saturated rings. The molecule has 2 N–H and O–H groups in total. The van der Waals surface area contributed by atoms with Crippen LogP contribution in [0.1, 0.15) is 52.4 Å². The molecule has 1 unspecified atom stereocenters. The van der Waals surface area contributed by atoms with Gasteiger partial charge in [-0.15, -0.1) is 0 Å². The van der Waals surface area contributed by atoms with E-state index in [-0.39, 0.29) is 17.9 Å². The van der Waals surface area contributed by atoms with Crippen LogP contribution in [0, 0.1) is 23.0 Å². The molecule has 166 valence electrons. The topological polar surface area (TPSA) is 67.4 Å². The maximum Gasteiger partial charge on any atom is 0.239 e. The van der Waals surface area contributed by atoms with E-state index in [0.717, 1.165) is 63.2 Å². The molecule has 1 amide bonds. The van der Waals surface area contributed by atoms with Crippen molar-refractivity contribution >= 4 is 17.5 Å².